The molecule has 0 atom stereocenters. The Morgan fingerprint density at radius 2 is 0.632 bits per heavy atom. The van der Waals surface area contributed by atoms with Crippen molar-refractivity contribution in [1.82, 2.24) is 0 Å². The van der Waals surface area contributed by atoms with Gasteiger partial charge in [0.1, 0.15) is 0 Å². The Kier molecular flexibility index (Phi) is 7.16. The molecule has 3 aromatic carbocycles. The summed E-state index contributed by atoms with van der Waals surface area (Å²) >= 11 is 0. The summed E-state index contributed by atoms with van der Waals surface area (Å²) in [4.78, 5) is 23.4. The van der Waals surface area contributed by atoms with Crippen LogP contribution in [0.25, 0.3) is 22.3 Å². The fraction of sp³-hybridized carbons (Fsp3) is 0.167. The molecule has 38 heavy (non-hydrogen) atoms. The van der Waals surface area contributed by atoms with Crippen molar-refractivity contribution in [2.45, 2.75) is 24.7 Å². The molecular weight excluding hydrogens is 548 g/mol. The number of hydrogen-bond donors (Lipinski definition) is 0. The second kappa shape index (κ2) is 9.48. The molecule has 0 saturated heterocycles. The standard InChI is InChI=1S/C24H10F12O2/c25-21(26,27)15-1-11(2-16(7-15)22(28,29)30)19-5-14(10-38)20(6-13(19)9-37)12-3-17(23(31,32)33)8-18(4-12)24(34,35)36/h1-10H. The van der Waals surface area contributed by atoms with Gasteiger partial charge in [0, 0.05) is 11.1 Å². The van der Waals surface area contributed by atoms with Crippen molar-refractivity contribution in [3.63, 3.8) is 0 Å². The predicted octanol–water partition coefficient (Wildman–Crippen LogP) is 8.72. The summed E-state index contributed by atoms with van der Waals surface area (Å²) in [5.74, 6) is 0. The molecule has 0 amide bonds. The minimum absolute atomic E-state index is 0.0841. The molecular formula is C24H10F12O2. The second-order valence-corrected chi connectivity index (χ2v) is 7.85. The molecule has 0 aliphatic carbocycles. The molecule has 0 aliphatic heterocycles. The average molecular weight is 558 g/mol. The van der Waals surface area contributed by atoms with Gasteiger partial charge in [-0.3, -0.25) is 9.59 Å². The van der Waals surface area contributed by atoms with Gasteiger partial charge in [-0.2, -0.15) is 52.7 Å². The van der Waals surface area contributed by atoms with Crippen LogP contribution in [-0.4, -0.2) is 12.6 Å². The van der Waals surface area contributed by atoms with Gasteiger partial charge in [0.05, 0.1) is 22.3 Å². The Bertz CT molecular complexity index is 1220. The Morgan fingerprint density at radius 3 is 0.816 bits per heavy atom. The molecule has 2 nitrogen and oxygen atoms in total. The van der Waals surface area contributed by atoms with E-state index in [0.717, 1.165) is 0 Å². The number of hydrogen-bond acceptors (Lipinski definition) is 2. The van der Waals surface area contributed by atoms with Crippen LogP contribution in [0, 0.1) is 0 Å². The van der Waals surface area contributed by atoms with Crippen molar-refractivity contribution >= 4 is 12.6 Å². The molecule has 0 heterocycles. The smallest absolute Gasteiger partial charge is 0.298 e. The molecule has 0 aliphatic rings. The molecule has 3 aromatic rings. The van der Waals surface area contributed by atoms with Crippen LogP contribution in [0.2, 0.25) is 0 Å². The first-order valence-corrected chi connectivity index (χ1v) is 9.94. The minimum Gasteiger partial charge on any atom is -0.298 e. The monoisotopic (exact) mass is 558 g/mol. The average Bonchev–Trinajstić information content (AvgIpc) is 2.80. The first kappa shape index (κ1) is 28.7. The molecule has 0 unspecified atom stereocenters. The SMILES string of the molecule is O=Cc1cc(-c2cc(C(F)(F)F)cc(C(F)(F)F)c2)c(C=O)cc1-c1cc(C(F)(F)F)cc(C(F)(F)F)c1. The van der Waals surface area contributed by atoms with E-state index in [0.29, 0.717) is 12.1 Å². The lowest BCUT2D eigenvalue weighted by atomic mass is 9.89. The molecule has 0 N–H and O–H groups in total. The third-order valence-electron chi connectivity index (χ3n) is 5.27. The first-order valence-electron chi connectivity index (χ1n) is 9.94. The summed E-state index contributed by atoms with van der Waals surface area (Å²) in [6, 6.07) is 1.82. The maximum Gasteiger partial charge on any atom is 0.416 e. The summed E-state index contributed by atoms with van der Waals surface area (Å²) in [5.41, 5.74) is -11.4. The zero-order valence-corrected chi connectivity index (χ0v) is 18.1. The Labute approximate surface area is 204 Å². The lowest BCUT2D eigenvalue weighted by Crippen LogP contribution is -2.12. The Hall–Kier alpha value is -3.84. The minimum atomic E-state index is -5.27. The highest BCUT2D eigenvalue weighted by Gasteiger charge is 2.38. The van der Waals surface area contributed by atoms with Gasteiger partial charge in [-0.15, -0.1) is 0 Å². The molecule has 0 bridgehead atoms. The molecule has 0 spiro atoms. The zero-order valence-electron chi connectivity index (χ0n) is 18.1. The topological polar surface area (TPSA) is 34.1 Å². The van der Waals surface area contributed by atoms with Crippen LogP contribution < -0.4 is 0 Å². The van der Waals surface area contributed by atoms with Gasteiger partial charge < -0.3 is 0 Å². The molecule has 3 rings (SSSR count). The normalized spacial score (nSPS) is 12.9. The summed E-state index contributed by atoms with van der Waals surface area (Å²) in [5, 5.41) is 0. The molecule has 0 radical (unpaired) electrons. The number of aldehydes is 2. The van der Waals surface area contributed by atoms with Crippen molar-refractivity contribution < 1.29 is 62.3 Å². The fourth-order valence-corrected chi connectivity index (χ4v) is 3.55. The third kappa shape index (κ3) is 6.00. The highest BCUT2D eigenvalue weighted by molar-refractivity contribution is 5.97. The number of carbonyl (C=O) groups is 2. The van der Waals surface area contributed by atoms with Gasteiger partial charge in [-0.25, -0.2) is 0 Å². The van der Waals surface area contributed by atoms with Crippen LogP contribution in [0.5, 0.6) is 0 Å². The van der Waals surface area contributed by atoms with Gasteiger partial charge in [-0.05, 0) is 70.8 Å². The summed E-state index contributed by atoms with van der Waals surface area (Å²) in [7, 11) is 0. The van der Waals surface area contributed by atoms with E-state index in [-0.39, 0.29) is 49.0 Å². The Balaban J connectivity index is 2.36. The van der Waals surface area contributed by atoms with Gasteiger partial charge in [0.15, 0.2) is 12.6 Å². The number of carbonyl (C=O) groups excluding carboxylic acids is 2. The van der Waals surface area contributed by atoms with Crippen LogP contribution in [0.4, 0.5) is 52.7 Å². The molecule has 202 valence electrons. The van der Waals surface area contributed by atoms with Crippen molar-refractivity contribution in [2.75, 3.05) is 0 Å². The van der Waals surface area contributed by atoms with Gasteiger partial charge in [0.25, 0.3) is 0 Å². The van der Waals surface area contributed by atoms with Crippen LogP contribution in [0.3, 0.4) is 0 Å². The van der Waals surface area contributed by atoms with Crippen LogP contribution in [0.1, 0.15) is 43.0 Å². The van der Waals surface area contributed by atoms with Gasteiger partial charge >= 0.3 is 24.7 Å². The fourth-order valence-electron chi connectivity index (χ4n) is 3.55. The van der Waals surface area contributed by atoms with E-state index < -0.39 is 80.3 Å². The number of halogens is 12. The molecule has 0 fully saturated rings. The number of rotatable bonds is 4. The van der Waals surface area contributed by atoms with Gasteiger partial charge in [0.2, 0.25) is 0 Å². The largest absolute Gasteiger partial charge is 0.416 e. The molecule has 14 heteroatoms. The highest BCUT2D eigenvalue weighted by Crippen LogP contribution is 2.42. The Morgan fingerprint density at radius 1 is 0.395 bits per heavy atom. The van der Waals surface area contributed by atoms with Crippen LogP contribution in [0.15, 0.2) is 48.5 Å². The lowest BCUT2D eigenvalue weighted by Gasteiger charge is -2.18. The van der Waals surface area contributed by atoms with E-state index in [9.17, 15) is 62.3 Å². The lowest BCUT2D eigenvalue weighted by molar-refractivity contribution is -0.144. The van der Waals surface area contributed by atoms with Crippen molar-refractivity contribution in [3.05, 3.63) is 81.9 Å². The number of alkyl halides is 12. The molecule has 0 saturated carbocycles. The maximum absolute atomic E-state index is 13.3. The first-order chi connectivity index (χ1) is 17.3. The second-order valence-electron chi connectivity index (χ2n) is 7.85. The maximum atomic E-state index is 13.3. The van der Waals surface area contributed by atoms with E-state index in [1.807, 2.05) is 0 Å². The molecule has 0 aromatic heterocycles. The van der Waals surface area contributed by atoms with E-state index in [4.69, 9.17) is 0 Å². The zero-order chi connectivity index (χ0) is 28.8. The summed E-state index contributed by atoms with van der Waals surface area (Å²) in [6.07, 6.45) is -21.2. The third-order valence-corrected chi connectivity index (χ3v) is 5.27. The summed E-state index contributed by atoms with van der Waals surface area (Å²) in [6.45, 7) is 0. The highest BCUT2D eigenvalue weighted by atomic mass is 19.4. The van der Waals surface area contributed by atoms with Crippen LogP contribution in [-0.2, 0) is 24.7 Å². The predicted molar refractivity (Wildman–Crippen MR) is 108 cm³/mol. The van der Waals surface area contributed by atoms with Crippen molar-refractivity contribution in [3.8, 4) is 22.3 Å². The van der Waals surface area contributed by atoms with Crippen molar-refractivity contribution in [1.29, 1.82) is 0 Å². The summed E-state index contributed by atoms with van der Waals surface area (Å²) < 4.78 is 159. The van der Waals surface area contributed by atoms with E-state index in [1.165, 1.54) is 0 Å². The van der Waals surface area contributed by atoms with Gasteiger partial charge in [-0.1, -0.05) is 0 Å². The van der Waals surface area contributed by atoms with E-state index in [2.05, 4.69) is 0 Å². The van der Waals surface area contributed by atoms with Crippen molar-refractivity contribution in [2.24, 2.45) is 0 Å². The van der Waals surface area contributed by atoms with E-state index in [1.54, 1.807) is 0 Å². The van der Waals surface area contributed by atoms with Crippen LogP contribution >= 0.6 is 0 Å². The quantitative estimate of drug-likeness (QED) is 0.237. The number of benzene rings is 3. The van der Waals surface area contributed by atoms with E-state index >= 15 is 0 Å².